The van der Waals surface area contributed by atoms with Crippen molar-refractivity contribution in [1.82, 2.24) is 0 Å². The minimum atomic E-state index is 0.381. The average Bonchev–Trinajstić information content (AvgIpc) is 2.32. The summed E-state index contributed by atoms with van der Waals surface area (Å²) in [6.07, 6.45) is 1.03. The highest BCUT2D eigenvalue weighted by atomic mass is 127. The Morgan fingerprint density at radius 2 is 1.83 bits per heavy atom. The fourth-order valence-corrected chi connectivity index (χ4v) is 3.99. The number of benzene rings is 2. The van der Waals surface area contributed by atoms with E-state index < -0.39 is 0 Å². The molecule has 94 valence electrons. The number of alkyl halides is 1. The lowest BCUT2D eigenvalue weighted by atomic mass is 10.0. The number of rotatable bonds is 3. The molecule has 0 heterocycles. The van der Waals surface area contributed by atoms with Gasteiger partial charge in [-0.3, -0.25) is 0 Å². The zero-order chi connectivity index (χ0) is 13.1. The molecule has 0 aliphatic carbocycles. The maximum atomic E-state index is 3.83. The molecular formula is C16H16BrI. The number of aryl methyl sites for hydroxylation is 2. The molecule has 0 saturated heterocycles. The van der Waals surface area contributed by atoms with Gasteiger partial charge in [0, 0.05) is 8.40 Å². The fraction of sp³-hybridized carbons (Fsp3) is 0.250. The van der Waals surface area contributed by atoms with Crippen LogP contribution in [0.3, 0.4) is 0 Å². The molecule has 0 aliphatic heterocycles. The third-order valence-corrected chi connectivity index (χ3v) is 5.35. The predicted octanol–water partition coefficient (Wildman–Crippen LogP) is 5.59. The van der Waals surface area contributed by atoms with Gasteiger partial charge in [-0.2, -0.15) is 0 Å². The molecule has 2 rings (SSSR count). The zero-order valence-corrected chi connectivity index (χ0v) is 14.3. The first kappa shape index (κ1) is 14.1. The Kier molecular flexibility index (Phi) is 4.84. The van der Waals surface area contributed by atoms with Gasteiger partial charge in [0.15, 0.2) is 0 Å². The molecule has 0 nitrogen and oxygen atoms in total. The molecule has 2 aromatic carbocycles. The summed E-state index contributed by atoms with van der Waals surface area (Å²) in [7, 11) is 0. The third kappa shape index (κ3) is 3.35. The lowest BCUT2D eigenvalue weighted by Crippen LogP contribution is -1.99. The van der Waals surface area contributed by atoms with Gasteiger partial charge in [-0.1, -0.05) is 64.0 Å². The van der Waals surface area contributed by atoms with Crippen molar-refractivity contribution in [3.05, 3.63) is 68.3 Å². The summed E-state index contributed by atoms with van der Waals surface area (Å²) >= 11 is 6.27. The fourth-order valence-electron chi connectivity index (χ4n) is 2.07. The van der Waals surface area contributed by atoms with E-state index in [1.54, 1.807) is 0 Å². The van der Waals surface area contributed by atoms with Crippen LogP contribution in [0.15, 0.2) is 42.5 Å². The van der Waals surface area contributed by atoms with Crippen LogP contribution < -0.4 is 0 Å². The molecule has 0 amide bonds. The van der Waals surface area contributed by atoms with E-state index >= 15 is 0 Å². The molecule has 0 aromatic heterocycles. The first-order chi connectivity index (χ1) is 8.58. The molecule has 0 saturated carbocycles. The maximum Gasteiger partial charge on any atom is 0.0446 e. The monoisotopic (exact) mass is 414 g/mol. The quantitative estimate of drug-likeness (QED) is 0.453. The lowest BCUT2D eigenvalue weighted by Gasteiger charge is -2.14. The number of hydrogen-bond acceptors (Lipinski definition) is 0. The molecule has 0 N–H and O–H groups in total. The van der Waals surface area contributed by atoms with Crippen LogP contribution in [0.1, 0.15) is 27.1 Å². The maximum absolute atomic E-state index is 3.83. The summed E-state index contributed by atoms with van der Waals surface area (Å²) in [6.45, 7) is 4.31. The van der Waals surface area contributed by atoms with Crippen LogP contribution in [0.25, 0.3) is 0 Å². The Bertz CT molecular complexity index is 549. The van der Waals surface area contributed by atoms with Crippen LogP contribution in [-0.4, -0.2) is 0 Å². The second-order valence-corrected chi connectivity index (χ2v) is 6.82. The molecule has 1 atom stereocenters. The minimum absolute atomic E-state index is 0.381. The molecule has 0 radical (unpaired) electrons. The Balaban J connectivity index is 2.22. The van der Waals surface area contributed by atoms with Gasteiger partial charge in [0.1, 0.15) is 0 Å². The first-order valence-electron chi connectivity index (χ1n) is 6.02. The van der Waals surface area contributed by atoms with Crippen molar-refractivity contribution >= 4 is 38.5 Å². The third-order valence-electron chi connectivity index (χ3n) is 3.06. The molecule has 0 bridgehead atoms. The van der Waals surface area contributed by atoms with Crippen LogP contribution in [0.5, 0.6) is 0 Å². The summed E-state index contributed by atoms with van der Waals surface area (Å²) in [5.41, 5.74) is 5.44. The molecule has 1 unspecified atom stereocenters. The number of hydrogen-bond donors (Lipinski definition) is 0. The van der Waals surface area contributed by atoms with E-state index in [1.165, 1.54) is 25.8 Å². The van der Waals surface area contributed by atoms with Crippen LogP contribution in [-0.2, 0) is 6.42 Å². The van der Waals surface area contributed by atoms with Gasteiger partial charge in [0.05, 0.1) is 0 Å². The van der Waals surface area contributed by atoms with E-state index in [0.717, 1.165) is 6.42 Å². The predicted molar refractivity (Wildman–Crippen MR) is 90.4 cm³/mol. The summed E-state index contributed by atoms with van der Waals surface area (Å²) in [6, 6.07) is 15.2. The number of halogens is 2. The van der Waals surface area contributed by atoms with Crippen molar-refractivity contribution in [2.24, 2.45) is 0 Å². The topological polar surface area (TPSA) is 0 Å². The molecule has 2 heteroatoms. The molecule has 0 spiro atoms. The van der Waals surface area contributed by atoms with Gasteiger partial charge >= 0.3 is 0 Å². The van der Waals surface area contributed by atoms with Gasteiger partial charge < -0.3 is 0 Å². The van der Waals surface area contributed by atoms with E-state index in [2.05, 4.69) is 94.8 Å². The highest BCUT2D eigenvalue weighted by Gasteiger charge is 2.12. The lowest BCUT2D eigenvalue weighted by molar-refractivity contribution is 0.938. The normalized spacial score (nSPS) is 12.4. The van der Waals surface area contributed by atoms with Crippen molar-refractivity contribution in [3.8, 4) is 0 Å². The molecule has 0 fully saturated rings. The second kappa shape index (κ2) is 6.20. The SMILES string of the molecule is Cc1cccc(CC(Br)c2cccc(C)c2I)c1. The van der Waals surface area contributed by atoms with Crippen molar-refractivity contribution in [2.45, 2.75) is 25.1 Å². The van der Waals surface area contributed by atoms with E-state index in [-0.39, 0.29) is 0 Å². The van der Waals surface area contributed by atoms with E-state index in [4.69, 9.17) is 0 Å². The standard InChI is InChI=1S/C16H16BrI/c1-11-5-3-7-13(9-11)10-15(17)14-8-4-6-12(2)16(14)18/h3-9,15H,10H2,1-2H3. The highest BCUT2D eigenvalue weighted by Crippen LogP contribution is 2.32. The van der Waals surface area contributed by atoms with E-state index in [1.807, 2.05) is 0 Å². The Hall–Kier alpha value is -0.350. The van der Waals surface area contributed by atoms with Crippen LogP contribution >= 0.6 is 38.5 Å². The largest absolute Gasteiger partial charge is 0.0835 e. The Morgan fingerprint density at radius 3 is 2.56 bits per heavy atom. The van der Waals surface area contributed by atoms with Crippen molar-refractivity contribution in [2.75, 3.05) is 0 Å². The summed E-state index contributed by atoms with van der Waals surface area (Å²) < 4.78 is 1.37. The smallest absolute Gasteiger partial charge is 0.0446 e. The van der Waals surface area contributed by atoms with Crippen molar-refractivity contribution in [1.29, 1.82) is 0 Å². The summed E-state index contributed by atoms with van der Waals surface area (Å²) in [4.78, 5) is 0.381. The average molecular weight is 415 g/mol. The van der Waals surface area contributed by atoms with Crippen LogP contribution in [0.4, 0.5) is 0 Å². The van der Waals surface area contributed by atoms with Crippen molar-refractivity contribution in [3.63, 3.8) is 0 Å². The zero-order valence-electron chi connectivity index (χ0n) is 10.6. The summed E-state index contributed by atoms with van der Waals surface area (Å²) in [5, 5.41) is 0. The molecule has 0 aliphatic rings. The van der Waals surface area contributed by atoms with E-state index in [0.29, 0.717) is 4.83 Å². The molecule has 18 heavy (non-hydrogen) atoms. The second-order valence-electron chi connectivity index (χ2n) is 4.64. The van der Waals surface area contributed by atoms with Gasteiger partial charge in [-0.25, -0.2) is 0 Å². The van der Waals surface area contributed by atoms with Gasteiger partial charge in [0.25, 0.3) is 0 Å². The van der Waals surface area contributed by atoms with E-state index in [9.17, 15) is 0 Å². The molecular weight excluding hydrogens is 399 g/mol. The minimum Gasteiger partial charge on any atom is -0.0835 e. The Labute approximate surface area is 131 Å². The molecule has 2 aromatic rings. The Morgan fingerprint density at radius 1 is 1.11 bits per heavy atom. The first-order valence-corrected chi connectivity index (χ1v) is 8.02. The van der Waals surface area contributed by atoms with Crippen LogP contribution in [0.2, 0.25) is 0 Å². The van der Waals surface area contributed by atoms with Crippen LogP contribution in [0, 0.1) is 17.4 Å². The van der Waals surface area contributed by atoms with Crippen molar-refractivity contribution < 1.29 is 0 Å². The highest BCUT2D eigenvalue weighted by molar-refractivity contribution is 14.1. The summed E-state index contributed by atoms with van der Waals surface area (Å²) in [5.74, 6) is 0. The van der Waals surface area contributed by atoms with Gasteiger partial charge in [-0.05, 0) is 59.5 Å². The van der Waals surface area contributed by atoms with Gasteiger partial charge in [0.2, 0.25) is 0 Å². The van der Waals surface area contributed by atoms with Gasteiger partial charge in [-0.15, -0.1) is 0 Å².